The lowest BCUT2D eigenvalue weighted by Crippen LogP contribution is -2.39. The molecule has 2 atom stereocenters. The van der Waals surface area contributed by atoms with Crippen LogP contribution in [-0.2, 0) is 0 Å². The highest BCUT2D eigenvalue weighted by molar-refractivity contribution is 4.81. The fourth-order valence-electron chi connectivity index (χ4n) is 3.24. The predicted molar refractivity (Wildman–Crippen MR) is 82.4 cm³/mol. The molecule has 1 nitrogen and oxygen atoms in total. The third-order valence-corrected chi connectivity index (χ3v) is 4.60. The number of hydrogen-bond donors (Lipinski definition) is 1. The Bertz CT molecular complexity index is 253. The molecule has 0 radical (unpaired) electrons. The molecule has 1 fully saturated rings. The number of unbranched alkanes of at least 4 members (excludes halogenated alkanes) is 7. The second-order valence-electron chi connectivity index (χ2n) is 6.53. The second kappa shape index (κ2) is 10.5. The third-order valence-electron chi connectivity index (χ3n) is 4.60. The van der Waals surface area contributed by atoms with Crippen LogP contribution in [-0.4, -0.2) is 18.8 Å². The van der Waals surface area contributed by atoms with Crippen LogP contribution in [0.2, 0.25) is 0 Å². The molecule has 1 saturated carbocycles. The summed E-state index contributed by atoms with van der Waals surface area (Å²) < 4.78 is 38.1. The Morgan fingerprint density at radius 2 is 1.52 bits per heavy atom. The predicted octanol–water partition coefficient (Wildman–Crippen LogP) is 5.84. The molecule has 4 heteroatoms. The maximum Gasteiger partial charge on any atom is 0.391 e. The van der Waals surface area contributed by atoms with E-state index in [0.717, 1.165) is 19.4 Å². The van der Waals surface area contributed by atoms with Gasteiger partial charge in [0, 0.05) is 6.04 Å². The van der Waals surface area contributed by atoms with Gasteiger partial charge < -0.3 is 5.32 Å². The molecule has 0 saturated heterocycles. The van der Waals surface area contributed by atoms with Crippen molar-refractivity contribution >= 4 is 0 Å². The minimum Gasteiger partial charge on any atom is -0.314 e. The molecule has 21 heavy (non-hydrogen) atoms. The Kier molecular flexibility index (Phi) is 9.37. The lowest BCUT2D eigenvalue weighted by molar-refractivity contribution is -0.183. The summed E-state index contributed by atoms with van der Waals surface area (Å²) in [5, 5.41) is 3.33. The lowest BCUT2D eigenvalue weighted by Gasteiger charge is -2.31. The van der Waals surface area contributed by atoms with E-state index in [0.29, 0.717) is 12.8 Å². The average Bonchev–Trinajstić information content (AvgIpc) is 2.45. The van der Waals surface area contributed by atoms with Gasteiger partial charge in [-0.1, -0.05) is 58.3 Å². The number of alkyl halides is 3. The number of nitrogens with one attached hydrogen (secondary N) is 1. The molecule has 0 aromatic rings. The van der Waals surface area contributed by atoms with Crippen molar-refractivity contribution in [3.05, 3.63) is 0 Å². The minimum atomic E-state index is -4.00. The van der Waals surface area contributed by atoms with E-state index in [4.69, 9.17) is 0 Å². The van der Waals surface area contributed by atoms with Crippen molar-refractivity contribution < 1.29 is 13.2 Å². The number of halogens is 3. The quantitative estimate of drug-likeness (QED) is 0.500. The molecule has 0 aromatic heterocycles. The molecule has 0 aromatic carbocycles. The largest absolute Gasteiger partial charge is 0.391 e. The smallest absolute Gasteiger partial charge is 0.314 e. The van der Waals surface area contributed by atoms with E-state index in [-0.39, 0.29) is 12.5 Å². The van der Waals surface area contributed by atoms with Crippen LogP contribution in [0.15, 0.2) is 0 Å². The first-order valence-electron chi connectivity index (χ1n) is 8.84. The SMILES string of the molecule is CCCCCCCCCCNC1CCCC(C(F)(F)F)C1. The topological polar surface area (TPSA) is 12.0 Å². The summed E-state index contributed by atoms with van der Waals surface area (Å²) in [4.78, 5) is 0. The molecular formula is C17H32F3N. The van der Waals surface area contributed by atoms with Crippen LogP contribution in [0, 0.1) is 5.92 Å². The van der Waals surface area contributed by atoms with Gasteiger partial charge in [0.25, 0.3) is 0 Å². The number of hydrogen-bond acceptors (Lipinski definition) is 1. The molecule has 1 N–H and O–H groups in total. The van der Waals surface area contributed by atoms with Crippen LogP contribution < -0.4 is 5.32 Å². The molecule has 1 aliphatic rings. The van der Waals surface area contributed by atoms with Crippen molar-refractivity contribution in [2.24, 2.45) is 5.92 Å². The normalized spacial score (nSPS) is 23.4. The highest BCUT2D eigenvalue weighted by Gasteiger charge is 2.41. The zero-order chi connectivity index (χ0) is 15.6. The van der Waals surface area contributed by atoms with Gasteiger partial charge in [-0.25, -0.2) is 0 Å². The van der Waals surface area contributed by atoms with Gasteiger partial charge in [0.15, 0.2) is 0 Å². The molecule has 0 spiro atoms. The zero-order valence-corrected chi connectivity index (χ0v) is 13.5. The van der Waals surface area contributed by atoms with Gasteiger partial charge in [0.05, 0.1) is 5.92 Å². The Labute approximate surface area is 128 Å². The van der Waals surface area contributed by atoms with Gasteiger partial charge in [0.2, 0.25) is 0 Å². The third kappa shape index (κ3) is 8.70. The molecule has 0 heterocycles. The molecule has 1 rings (SSSR count). The molecule has 126 valence electrons. The maximum atomic E-state index is 12.7. The molecular weight excluding hydrogens is 275 g/mol. The standard InChI is InChI=1S/C17H32F3N/c1-2-3-4-5-6-7-8-9-13-21-16-12-10-11-15(14-16)17(18,19)20/h15-16,21H,2-14H2,1H3. The first-order chi connectivity index (χ1) is 10.0. The second-order valence-corrected chi connectivity index (χ2v) is 6.53. The van der Waals surface area contributed by atoms with Gasteiger partial charge in [-0.2, -0.15) is 13.2 Å². The van der Waals surface area contributed by atoms with E-state index in [2.05, 4.69) is 12.2 Å². The average molecular weight is 307 g/mol. The van der Waals surface area contributed by atoms with E-state index in [1.807, 2.05) is 0 Å². The van der Waals surface area contributed by atoms with Gasteiger partial charge in [-0.05, 0) is 32.2 Å². The van der Waals surface area contributed by atoms with Gasteiger partial charge in [-0.3, -0.25) is 0 Å². The van der Waals surface area contributed by atoms with Crippen LogP contribution in [0.4, 0.5) is 13.2 Å². The molecule has 1 aliphatic carbocycles. The van der Waals surface area contributed by atoms with Crippen molar-refractivity contribution in [2.75, 3.05) is 6.54 Å². The Balaban J connectivity index is 1.97. The van der Waals surface area contributed by atoms with Crippen LogP contribution >= 0.6 is 0 Å². The van der Waals surface area contributed by atoms with Crippen molar-refractivity contribution in [3.8, 4) is 0 Å². The van der Waals surface area contributed by atoms with Crippen molar-refractivity contribution in [3.63, 3.8) is 0 Å². The van der Waals surface area contributed by atoms with Crippen LogP contribution in [0.5, 0.6) is 0 Å². The first kappa shape index (κ1) is 18.8. The van der Waals surface area contributed by atoms with Crippen molar-refractivity contribution in [1.29, 1.82) is 0 Å². The zero-order valence-electron chi connectivity index (χ0n) is 13.5. The fraction of sp³-hybridized carbons (Fsp3) is 1.00. The summed E-state index contributed by atoms with van der Waals surface area (Å²) >= 11 is 0. The summed E-state index contributed by atoms with van der Waals surface area (Å²) in [6.45, 7) is 3.10. The van der Waals surface area contributed by atoms with Gasteiger partial charge >= 0.3 is 6.18 Å². The first-order valence-corrected chi connectivity index (χ1v) is 8.84. The van der Waals surface area contributed by atoms with Gasteiger partial charge in [-0.15, -0.1) is 0 Å². The van der Waals surface area contributed by atoms with E-state index in [1.165, 1.54) is 44.9 Å². The van der Waals surface area contributed by atoms with Gasteiger partial charge in [0.1, 0.15) is 0 Å². The highest BCUT2D eigenvalue weighted by atomic mass is 19.4. The van der Waals surface area contributed by atoms with Crippen molar-refractivity contribution in [2.45, 2.75) is 96.2 Å². The lowest BCUT2D eigenvalue weighted by atomic mass is 9.85. The van der Waals surface area contributed by atoms with E-state index >= 15 is 0 Å². The monoisotopic (exact) mass is 307 g/mol. The van der Waals surface area contributed by atoms with Crippen LogP contribution in [0.1, 0.15) is 84.0 Å². The van der Waals surface area contributed by atoms with Crippen LogP contribution in [0.3, 0.4) is 0 Å². The number of rotatable bonds is 10. The maximum absolute atomic E-state index is 12.7. The minimum absolute atomic E-state index is 0.0786. The Morgan fingerprint density at radius 1 is 0.905 bits per heavy atom. The van der Waals surface area contributed by atoms with E-state index in [1.54, 1.807) is 0 Å². The molecule has 0 bridgehead atoms. The molecule has 0 amide bonds. The van der Waals surface area contributed by atoms with E-state index < -0.39 is 12.1 Å². The van der Waals surface area contributed by atoms with E-state index in [9.17, 15) is 13.2 Å². The highest BCUT2D eigenvalue weighted by Crippen LogP contribution is 2.37. The summed E-state index contributed by atoms with van der Waals surface area (Å²) in [5.74, 6) is -1.08. The Morgan fingerprint density at radius 3 is 2.14 bits per heavy atom. The molecule has 0 aliphatic heterocycles. The summed E-state index contributed by atoms with van der Waals surface area (Å²) in [6, 6.07) is 0.0786. The van der Waals surface area contributed by atoms with Crippen LogP contribution in [0.25, 0.3) is 0 Å². The fourth-order valence-corrected chi connectivity index (χ4v) is 3.24. The summed E-state index contributed by atoms with van der Waals surface area (Å²) in [5.41, 5.74) is 0. The van der Waals surface area contributed by atoms with Crippen molar-refractivity contribution in [1.82, 2.24) is 5.32 Å². The summed E-state index contributed by atoms with van der Waals surface area (Å²) in [6.07, 6.45) is 8.37. The molecule has 2 unspecified atom stereocenters. The summed E-state index contributed by atoms with van der Waals surface area (Å²) in [7, 11) is 0. The Hall–Kier alpha value is -0.250.